The third kappa shape index (κ3) is 6.60. The van der Waals surface area contributed by atoms with Gasteiger partial charge in [0, 0.05) is 0 Å². The molecule has 0 saturated heterocycles. The standard InChI is InChI=1S/C12H18O3PSTe.Li/c1-4-14-16(13,15-5-2)12(17-3)18-11-9-7-6-8-10-11;/h6-10H,4-5H2,1-3H3;/q-1;+1. The van der Waals surface area contributed by atoms with E-state index >= 15 is 0 Å². The van der Waals surface area contributed by atoms with Crippen molar-refractivity contribution in [1.29, 1.82) is 0 Å². The molecule has 1 rings (SSSR count). The first-order chi connectivity index (χ1) is 8.66. The molecule has 0 radical (unpaired) electrons. The molecule has 3 nitrogen and oxygen atoms in total. The van der Waals surface area contributed by atoms with Gasteiger partial charge in [0.1, 0.15) is 0 Å². The maximum atomic E-state index is 12.7. The fourth-order valence-corrected chi connectivity index (χ4v) is 8.99. The molecule has 7 heteroatoms. The number of thioether (sulfide) groups is 1. The maximum Gasteiger partial charge on any atom is 1.00 e. The Labute approximate surface area is 142 Å². The molecular formula is C12H18LiO3PSTe. The summed E-state index contributed by atoms with van der Waals surface area (Å²) in [5.74, 6) is 0. The van der Waals surface area contributed by atoms with Crippen LogP contribution in [0.5, 0.6) is 0 Å². The molecule has 1 aromatic rings. The van der Waals surface area contributed by atoms with Crippen molar-refractivity contribution in [3.63, 3.8) is 0 Å². The van der Waals surface area contributed by atoms with E-state index in [9.17, 15) is 4.57 Å². The van der Waals surface area contributed by atoms with Crippen LogP contribution in [0.25, 0.3) is 0 Å². The monoisotopic (exact) mass is 410 g/mol. The van der Waals surface area contributed by atoms with Gasteiger partial charge < -0.3 is 0 Å². The minimum atomic E-state index is -3.06. The van der Waals surface area contributed by atoms with Gasteiger partial charge >= 0.3 is 143 Å². The van der Waals surface area contributed by atoms with Gasteiger partial charge in [0.25, 0.3) is 0 Å². The van der Waals surface area contributed by atoms with Gasteiger partial charge in [-0.25, -0.2) is 0 Å². The molecule has 0 aromatic heterocycles. The zero-order valence-electron chi connectivity index (χ0n) is 11.8. The van der Waals surface area contributed by atoms with Crippen LogP contribution in [0.3, 0.4) is 0 Å². The van der Waals surface area contributed by atoms with Gasteiger partial charge in [-0.05, 0) is 0 Å². The molecule has 0 spiro atoms. The Hall–Kier alpha value is 1.11. The molecule has 0 N–H and O–H groups in total. The zero-order valence-corrected chi connectivity index (χ0v) is 15.8. The van der Waals surface area contributed by atoms with Crippen molar-refractivity contribution in [1.82, 2.24) is 0 Å². The minimum Gasteiger partial charge on any atom is 1.00 e. The largest absolute Gasteiger partial charge is 1.00 e. The van der Waals surface area contributed by atoms with Crippen LogP contribution in [0, 0.1) is 3.04 Å². The first kappa shape index (κ1) is 20.1. The number of hydrogen-bond acceptors (Lipinski definition) is 4. The predicted octanol–water partition coefficient (Wildman–Crippen LogP) is 0.0962. The van der Waals surface area contributed by atoms with Crippen LogP contribution in [0.2, 0.25) is 0 Å². The summed E-state index contributed by atoms with van der Waals surface area (Å²) in [5.41, 5.74) is 0. The smallest absolute Gasteiger partial charge is 1.00 e. The summed E-state index contributed by atoms with van der Waals surface area (Å²) in [4.78, 5) is 0. The molecule has 0 unspecified atom stereocenters. The van der Waals surface area contributed by atoms with Gasteiger partial charge in [-0.15, -0.1) is 0 Å². The van der Waals surface area contributed by atoms with Crippen LogP contribution in [0.1, 0.15) is 13.8 Å². The minimum absolute atomic E-state index is 0. The Morgan fingerprint density at radius 2 is 1.74 bits per heavy atom. The second kappa shape index (κ2) is 10.8. The fourth-order valence-electron chi connectivity index (χ4n) is 1.28. The Balaban J connectivity index is 0.00000324. The summed E-state index contributed by atoms with van der Waals surface area (Å²) in [6.07, 6.45) is 1.94. The average molecular weight is 408 g/mol. The van der Waals surface area contributed by atoms with E-state index in [0.717, 1.165) is 3.04 Å². The normalized spacial score (nSPS) is 11.4. The molecular weight excluding hydrogens is 390 g/mol. The van der Waals surface area contributed by atoms with Crippen LogP contribution >= 0.6 is 19.4 Å². The third-order valence-electron chi connectivity index (χ3n) is 1.94. The Kier molecular flexibility index (Phi) is 11.4. The van der Waals surface area contributed by atoms with E-state index in [1.165, 1.54) is 15.4 Å². The van der Waals surface area contributed by atoms with E-state index in [-0.39, 0.29) is 18.9 Å². The Morgan fingerprint density at radius 3 is 2.16 bits per heavy atom. The van der Waals surface area contributed by atoms with Gasteiger partial charge in [0.15, 0.2) is 0 Å². The molecule has 0 bridgehead atoms. The van der Waals surface area contributed by atoms with Crippen molar-refractivity contribution in [3.05, 3.63) is 33.4 Å². The molecule has 0 atom stereocenters. The molecule has 0 aliphatic carbocycles. The molecule has 102 valence electrons. The van der Waals surface area contributed by atoms with Crippen LogP contribution in [-0.4, -0.2) is 40.4 Å². The summed E-state index contributed by atoms with van der Waals surface area (Å²) in [5, 5.41) is 0. The first-order valence-corrected chi connectivity index (χ1v) is 10.8. The van der Waals surface area contributed by atoms with Crippen molar-refractivity contribution in [3.8, 4) is 0 Å². The topological polar surface area (TPSA) is 35.5 Å². The fraction of sp³-hybridized carbons (Fsp3) is 0.417. The molecule has 1 aromatic carbocycles. The molecule has 0 aliphatic heterocycles. The van der Waals surface area contributed by atoms with E-state index in [1.807, 2.05) is 38.3 Å². The second-order valence-electron chi connectivity index (χ2n) is 3.22. The van der Waals surface area contributed by atoms with Crippen molar-refractivity contribution in [2.24, 2.45) is 0 Å². The van der Waals surface area contributed by atoms with E-state index < -0.39 is 28.5 Å². The van der Waals surface area contributed by atoms with Crippen molar-refractivity contribution >= 4 is 43.9 Å². The van der Waals surface area contributed by atoms with Gasteiger partial charge in [-0.1, -0.05) is 0 Å². The van der Waals surface area contributed by atoms with Gasteiger partial charge in [0.05, 0.1) is 0 Å². The van der Waals surface area contributed by atoms with Crippen LogP contribution < -0.4 is 22.5 Å². The van der Waals surface area contributed by atoms with Crippen LogP contribution in [0.4, 0.5) is 0 Å². The zero-order chi connectivity index (χ0) is 13.4. The predicted molar refractivity (Wildman–Crippen MR) is 79.4 cm³/mol. The average Bonchev–Trinajstić information content (AvgIpc) is 2.37. The van der Waals surface area contributed by atoms with Crippen molar-refractivity contribution in [2.45, 2.75) is 13.8 Å². The molecule has 0 heterocycles. The second-order valence-corrected chi connectivity index (χ2v) is 11.1. The SMILES string of the molecule is CCOP(=O)(OCC)[C-](SC)[Te]c1ccccc1.[Li+]. The Morgan fingerprint density at radius 1 is 1.21 bits per heavy atom. The van der Waals surface area contributed by atoms with Crippen LogP contribution in [-0.2, 0) is 13.6 Å². The third-order valence-corrected chi connectivity index (χ3v) is 11.6. The van der Waals surface area contributed by atoms with Crippen molar-refractivity contribution in [2.75, 3.05) is 19.5 Å². The van der Waals surface area contributed by atoms with E-state index in [2.05, 4.69) is 12.1 Å². The van der Waals surface area contributed by atoms with E-state index in [4.69, 9.17) is 9.05 Å². The van der Waals surface area contributed by atoms with E-state index in [0.29, 0.717) is 13.2 Å². The number of benzene rings is 1. The molecule has 0 amide bonds. The summed E-state index contributed by atoms with van der Waals surface area (Å²) in [7, 11) is -3.06. The van der Waals surface area contributed by atoms with Gasteiger partial charge in [-0.3, -0.25) is 0 Å². The molecule has 19 heavy (non-hydrogen) atoms. The van der Waals surface area contributed by atoms with Crippen molar-refractivity contribution < 1.29 is 32.5 Å². The van der Waals surface area contributed by atoms with E-state index in [1.54, 1.807) is 0 Å². The quantitative estimate of drug-likeness (QED) is 0.348. The summed E-state index contributed by atoms with van der Waals surface area (Å²) in [6.45, 7) is 4.49. The molecule has 0 saturated carbocycles. The van der Waals surface area contributed by atoms with Crippen LogP contribution in [0.15, 0.2) is 30.3 Å². The number of hydrogen-bond donors (Lipinski definition) is 0. The van der Waals surface area contributed by atoms with Gasteiger partial charge in [0.2, 0.25) is 0 Å². The molecule has 0 aliphatic rings. The summed E-state index contributed by atoms with van der Waals surface area (Å²) < 4.78 is 25.6. The number of rotatable bonds is 8. The first-order valence-electron chi connectivity index (χ1n) is 5.69. The summed E-state index contributed by atoms with van der Waals surface area (Å²) >= 11 is 0.826. The maximum absolute atomic E-state index is 12.7. The molecule has 0 fully saturated rings. The summed E-state index contributed by atoms with van der Waals surface area (Å²) in [6, 6.07) is 10.1. The van der Waals surface area contributed by atoms with Gasteiger partial charge in [-0.2, -0.15) is 0 Å². The Bertz CT molecular complexity index is 384.